The summed E-state index contributed by atoms with van der Waals surface area (Å²) < 4.78 is 21.0. The summed E-state index contributed by atoms with van der Waals surface area (Å²) in [5.41, 5.74) is 0.792. The van der Waals surface area contributed by atoms with Gasteiger partial charge in [0, 0.05) is 11.3 Å². The third kappa shape index (κ3) is 5.96. The number of carbonyl (C=O) groups excluding carboxylic acids is 3. The van der Waals surface area contributed by atoms with Crippen molar-refractivity contribution in [2.75, 3.05) is 25.3 Å². The van der Waals surface area contributed by atoms with Crippen LogP contribution in [0.2, 0.25) is 5.02 Å². The maximum atomic E-state index is 12.2. The van der Waals surface area contributed by atoms with Crippen LogP contribution in [0.25, 0.3) is 0 Å². The van der Waals surface area contributed by atoms with Crippen molar-refractivity contribution in [3.63, 3.8) is 0 Å². The maximum absolute atomic E-state index is 12.2. The lowest BCUT2D eigenvalue weighted by Gasteiger charge is -2.10. The molecule has 0 radical (unpaired) electrons. The Balaban J connectivity index is 1.19. The number of carbonyl (C=O) groups is 3. The minimum absolute atomic E-state index is 0.0925. The zero-order valence-electron chi connectivity index (χ0n) is 17.7. The molecule has 9 nitrogen and oxygen atoms in total. The van der Waals surface area contributed by atoms with Crippen LogP contribution >= 0.6 is 11.6 Å². The highest BCUT2D eigenvalue weighted by molar-refractivity contribution is 6.32. The quantitative estimate of drug-likeness (QED) is 0.470. The van der Waals surface area contributed by atoms with E-state index in [1.807, 2.05) is 0 Å². The molecule has 0 fully saturated rings. The first-order valence-electron chi connectivity index (χ1n) is 10.1. The number of hydrogen-bond donors (Lipinski definition) is 2. The molecular formula is C24H19ClN2O7. The van der Waals surface area contributed by atoms with E-state index in [4.69, 9.17) is 30.5 Å². The zero-order chi connectivity index (χ0) is 23.9. The third-order valence-electron chi connectivity index (χ3n) is 4.59. The topological polar surface area (TPSA) is 112 Å². The van der Waals surface area contributed by atoms with Gasteiger partial charge in [0.1, 0.15) is 18.0 Å². The van der Waals surface area contributed by atoms with Crippen molar-refractivity contribution in [3.8, 4) is 23.0 Å². The molecule has 4 rings (SSSR count). The number of fused-ring (bicyclic) bond motifs is 1. The van der Waals surface area contributed by atoms with Gasteiger partial charge in [-0.25, -0.2) is 0 Å². The van der Waals surface area contributed by atoms with Crippen molar-refractivity contribution in [2.45, 2.75) is 0 Å². The molecule has 0 bridgehead atoms. The Hall–Kier alpha value is -4.24. The van der Waals surface area contributed by atoms with Gasteiger partial charge in [0.15, 0.2) is 18.1 Å². The van der Waals surface area contributed by atoms with Gasteiger partial charge in [0.05, 0.1) is 5.02 Å². The van der Waals surface area contributed by atoms with Gasteiger partial charge in [-0.2, -0.15) is 0 Å². The van der Waals surface area contributed by atoms with Crippen molar-refractivity contribution >= 4 is 35.1 Å². The number of amides is 2. The van der Waals surface area contributed by atoms with Crippen LogP contribution in [0.3, 0.4) is 0 Å². The van der Waals surface area contributed by atoms with Crippen molar-refractivity contribution in [3.05, 3.63) is 77.3 Å². The van der Waals surface area contributed by atoms with Crippen LogP contribution < -0.4 is 24.8 Å². The van der Waals surface area contributed by atoms with Gasteiger partial charge in [-0.3, -0.25) is 14.4 Å². The minimum Gasteiger partial charge on any atom is -0.456 e. The molecule has 1 heterocycles. The lowest BCUT2D eigenvalue weighted by molar-refractivity contribution is -0.146. The second kappa shape index (κ2) is 10.6. The fourth-order valence-electron chi connectivity index (χ4n) is 2.95. The molecule has 0 saturated carbocycles. The summed E-state index contributed by atoms with van der Waals surface area (Å²) in [5.74, 6) is 0.274. The average Bonchev–Trinajstić information content (AvgIpc) is 3.32. The van der Waals surface area contributed by atoms with Crippen molar-refractivity contribution in [1.82, 2.24) is 5.32 Å². The Labute approximate surface area is 199 Å². The summed E-state index contributed by atoms with van der Waals surface area (Å²) >= 11 is 6.07. The van der Waals surface area contributed by atoms with Gasteiger partial charge in [0.2, 0.25) is 6.79 Å². The van der Waals surface area contributed by atoms with Gasteiger partial charge in [-0.15, -0.1) is 0 Å². The standard InChI is InChI=1S/C24H19ClN2O7/c25-18-3-1-2-4-19(18)34-17-8-6-16(7-9-17)27-22(28)13-31-23(29)12-26-24(30)15-5-10-20-21(11-15)33-14-32-20/h1-11H,12-14H2,(H,26,30)(H,27,28). The second-order valence-corrected chi connectivity index (χ2v) is 7.42. The van der Waals surface area contributed by atoms with Crippen molar-refractivity contribution < 1.29 is 33.3 Å². The highest BCUT2D eigenvalue weighted by Crippen LogP contribution is 2.32. The first kappa shape index (κ1) is 22.9. The van der Waals surface area contributed by atoms with Crippen molar-refractivity contribution in [2.24, 2.45) is 0 Å². The van der Waals surface area contributed by atoms with Crippen LogP contribution in [-0.4, -0.2) is 37.7 Å². The smallest absolute Gasteiger partial charge is 0.325 e. The first-order chi connectivity index (χ1) is 16.5. The van der Waals surface area contributed by atoms with Crippen LogP contribution in [0.4, 0.5) is 5.69 Å². The number of para-hydroxylation sites is 1. The molecular weight excluding hydrogens is 464 g/mol. The van der Waals surface area contributed by atoms with E-state index in [-0.39, 0.29) is 6.79 Å². The monoisotopic (exact) mass is 482 g/mol. The molecule has 3 aromatic carbocycles. The number of hydrogen-bond acceptors (Lipinski definition) is 7. The van der Waals surface area contributed by atoms with Crippen LogP contribution in [0.1, 0.15) is 10.4 Å². The molecule has 0 aliphatic carbocycles. The number of rotatable bonds is 8. The largest absolute Gasteiger partial charge is 0.456 e. The Morgan fingerprint density at radius 1 is 0.941 bits per heavy atom. The summed E-state index contributed by atoms with van der Waals surface area (Å²) in [6, 6.07) is 18.3. The van der Waals surface area contributed by atoms with Gasteiger partial charge in [-0.05, 0) is 54.6 Å². The van der Waals surface area contributed by atoms with E-state index in [1.165, 1.54) is 6.07 Å². The molecule has 0 aromatic heterocycles. The average molecular weight is 483 g/mol. The highest BCUT2D eigenvalue weighted by Gasteiger charge is 2.17. The van der Waals surface area contributed by atoms with Crippen molar-refractivity contribution in [1.29, 1.82) is 0 Å². The fourth-order valence-corrected chi connectivity index (χ4v) is 3.12. The van der Waals surface area contributed by atoms with Gasteiger partial charge in [-0.1, -0.05) is 23.7 Å². The number of esters is 1. The van der Waals surface area contributed by atoms with Crippen LogP contribution in [0.5, 0.6) is 23.0 Å². The molecule has 3 aromatic rings. The summed E-state index contributed by atoms with van der Waals surface area (Å²) in [6.07, 6.45) is 0. The number of nitrogens with one attached hydrogen (secondary N) is 2. The SMILES string of the molecule is O=C(COC(=O)CNC(=O)c1ccc2c(c1)OCO2)Nc1ccc(Oc2ccccc2Cl)cc1. The van der Waals surface area contributed by atoms with E-state index in [0.717, 1.165) is 0 Å². The van der Waals surface area contributed by atoms with E-state index in [2.05, 4.69) is 10.6 Å². The van der Waals surface area contributed by atoms with Gasteiger partial charge < -0.3 is 29.6 Å². The molecule has 34 heavy (non-hydrogen) atoms. The Morgan fingerprint density at radius 3 is 2.50 bits per heavy atom. The summed E-state index contributed by atoms with van der Waals surface area (Å²) in [6.45, 7) is -0.805. The number of benzene rings is 3. The van der Waals surface area contributed by atoms with Crippen LogP contribution in [0.15, 0.2) is 66.7 Å². The summed E-state index contributed by atoms with van der Waals surface area (Å²) in [5, 5.41) is 5.51. The highest BCUT2D eigenvalue weighted by atomic mass is 35.5. The lowest BCUT2D eigenvalue weighted by atomic mass is 10.2. The minimum atomic E-state index is -0.757. The van der Waals surface area contributed by atoms with Gasteiger partial charge >= 0.3 is 5.97 Å². The third-order valence-corrected chi connectivity index (χ3v) is 4.91. The van der Waals surface area contributed by atoms with E-state index in [0.29, 0.717) is 39.3 Å². The van der Waals surface area contributed by atoms with E-state index in [1.54, 1.807) is 60.7 Å². The summed E-state index contributed by atoms with van der Waals surface area (Å²) in [7, 11) is 0. The Bertz CT molecular complexity index is 1210. The molecule has 10 heteroatoms. The predicted molar refractivity (Wildman–Crippen MR) is 122 cm³/mol. The molecule has 0 unspecified atom stereocenters. The number of ether oxygens (including phenoxy) is 4. The predicted octanol–water partition coefficient (Wildman–Crippen LogP) is 3.77. The Kier molecular flexibility index (Phi) is 7.14. The van der Waals surface area contributed by atoms with Crippen LogP contribution in [0, 0.1) is 0 Å². The number of anilines is 1. The normalized spacial score (nSPS) is 11.4. The molecule has 1 aliphatic rings. The van der Waals surface area contributed by atoms with E-state index < -0.39 is 30.9 Å². The Morgan fingerprint density at radius 2 is 1.71 bits per heavy atom. The van der Waals surface area contributed by atoms with Gasteiger partial charge in [0.25, 0.3) is 11.8 Å². The van der Waals surface area contributed by atoms with E-state index >= 15 is 0 Å². The molecule has 174 valence electrons. The molecule has 2 amide bonds. The molecule has 2 N–H and O–H groups in total. The lowest BCUT2D eigenvalue weighted by Crippen LogP contribution is -2.32. The van der Waals surface area contributed by atoms with Crippen LogP contribution in [-0.2, 0) is 14.3 Å². The van der Waals surface area contributed by atoms with E-state index in [9.17, 15) is 14.4 Å². The molecule has 0 spiro atoms. The zero-order valence-corrected chi connectivity index (χ0v) is 18.5. The molecule has 1 aliphatic heterocycles. The summed E-state index contributed by atoms with van der Waals surface area (Å²) in [4.78, 5) is 36.1. The molecule has 0 atom stereocenters. The second-order valence-electron chi connectivity index (χ2n) is 7.02. The number of halogens is 1. The molecule has 0 saturated heterocycles. The fraction of sp³-hybridized carbons (Fsp3) is 0.125. The maximum Gasteiger partial charge on any atom is 0.325 e. The first-order valence-corrected chi connectivity index (χ1v) is 10.5.